The lowest BCUT2D eigenvalue weighted by molar-refractivity contribution is 0.881. The number of benzene rings is 1. The maximum atomic E-state index is 4.47. The van der Waals surface area contributed by atoms with E-state index in [4.69, 9.17) is 0 Å². The number of tetrazole rings is 1. The van der Waals surface area contributed by atoms with Gasteiger partial charge in [0.1, 0.15) is 5.82 Å². The first-order valence-electron chi connectivity index (χ1n) is 8.74. The number of aryl methyl sites for hydroxylation is 1. The lowest BCUT2D eigenvalue weighted by Gasteiger charge is -2.10. The number of anilines is 1. The van der Waals surface area contributed by atoms with Gasteiger partial charge in [-0.05, 0) is 34.7 Å². The van der Waals surface area contributed by atoms with Gasteiger partial charge in [-0.2, -0.15) is 14.8 Å². The van der Waals surface area contributed by atoms with Crippen LogP contribution in [-0.2, 0) is 6.54 Å². The van der Waals surface area contributed by atoms with Crippen LogP contribution >= 0.6 is 11.3 Å². The second-order valence-electron chi connectivity index (χ2n) is 6.33. The SMILES string of the molecule is Cc1cc(NCc2ccc(-c3ccsc3-c3nn[nH]n3)cc2)n2nccc2n1. The molecule has 0 saturated heterocycles. The summed E-state index contributed by atoms with van der Waals surface area (Å²) in [6.45, 7) is 2.68. The minimum atomic E-state index is 0.618. The molecule has 0 aliphatic rings. The van der Waals surface area contributed by atoms with Crippen molar-refractivity contribution in [2.75, 3.05) is 5.32 Å². The third-order valence-electron chi connectivity index (χ3n) is 4.44. The zero-order valence-electron chi connectivity index (χ0n) is 15.0. The first kappa shape index (κ1) is 16.6. The molecule has 9 heteroatoms. The Kier molecular flexibility index (Phi) is 4.06. The van der Waals surface area contributed by atoms with Crippen molar-refractivity contribution >= 4 is 22.8 Å². The van der Waals surface area contributed by atoms with Crippen LogP contribution in [0.15, 0.2) is 54.0 Å². The van der Waals surface area contributed by atoms with E-state index in [1.165, 1.54) is 5.56 Å². The highest BCUT2D eigenvalue weighted by atomic mass is 32.1. The zero-order valence-corrected chi connectivity index (χ0v) is 15.8. The Bertz CT molecular complexity index is 1220. The maximum Gasteiger partial charge on any atom is 0.215 e. The van der Waals surface area contributed by atoms with Crippen LogP contribution in [0.2, 0.25) is 0 Å². The predicted octanol–water partition coefficient (Wildman–Crippen LogP) is 3.56. The number of hydrogen-bond acceptors (Lipinski definition) is 7. The molecule has 0 aliphatic carbocycles. The molecule has 0 radical (unpaired) electrons. The van der Waals surface area contributed by atoms with Gasteiger partial charge in [-0.15, -0.1) is 21.5 Å². The Hall–Kier alpha value is -3.59. The summed E-state index contributed by atoms with van der Waals surface area (Å²) < 4.78 is 1.81. The van der Waals surface area contributed by atoms with Gasteiger partial charge in [-0.25, -0.2) is 4.98 Å². The van der Waals surface area contributed by atoms with Gasteiger partial charge < -0.3 is 5.32 Å². The molecule has 138 valence electrons. The van der Waals surface area contributed by atoms with Crippen LogP contribution in [0.25, 0.3) is 27.5 Å². The summed E-state index contributed by atoms with van der Waals surface area (Å²) in [5.41, 5.74) is 5.20. The van der Waals surface area contributed by atoms with Crippen LogP contribution in [0.3, 0.4) is 0 Å². The van der Waals surface area contributed by atoms with Crippen molar-refractivity contribution in [2.24, 2.45) is 0 Å². The number of aromatic amines is 1. The van der Waals surface area contributed by atoms with E-state index in [1.807, 2.05) is 29.0 Å². The van der Waals surface area contributed by atoms with Crippen molar-refractivity contribution in [1.82, 2.24) is 35.2 Å². The molecule has 0 unspecified atom stereocenters. The summed E-state index contributed by atoms with van der Waals surface area (Å²) in [5.74, 6) is 1.54. The number of rotatable bonds is 5. The molecule has 0 atom stereocenters. The van der Waals surface area contributed by atoms with Crippen molar-refractivity contribution < 1.29 is 0 Å². The number of thiophene rings is 1. The van der Waals surface area contributed by atoms with Crippen LogP contribution in [0.4, 0.5) is 5.82 Å². The molecule has 0 bridgehead atoms. The van der Waals surface area contributed by atoms with Crippen LogP contribution in [0.1, 0.15) is 11.3 Å². The standard InChI is InChI=1S/C19H16N8S/c1-12-10-17(27-16(22-12)6-8-21-27)20-11-13-2-4-14(5-3-13)15-7-9-28-18(15)19-23-25-26-24-19/h2-10,20H,11H2,1H3,(H,23,24,25,26). The van der Waals surface area contributed by atoms with E-state index in [2.05, 4.69) is 66.4 Å². The molecule has 0 saturated carbocycles. The first-order chi connectivity index (χ1) is 13.8. The molecule has 0 amide bonds. The van der Waals surface area contributed by atoms with Gasteiger partial charge >= 0.3 is 0 Å². The Morgan fingerprint density at radius 2 is 2.04 bits per heavy atom. The molecular weight excluding hydrogens is 372 g/mol. The lowest BCUT2D eigenvalue weighted by atomic mass is 10.0. The lowest BCUT2D eigenvalue weighted by Crippen LogP contribution is -2.06. The summed E-state index contributed by atoms with van der Waals surface area (Å²) in [5, 5.41) is 24.2. The van der Waals surface area contributed by atoms with E-state index in [0.717, 1.165) is 33.2 Å². The summed E-state index contributed by atoms with van der Waals surface area (Å²) in [4.78, 5) is 5.47. The minimum absolute atomic E-state index is 0.618. The van der Waals surface area contributed by atoms with E-state index in [-0.39, 0.29) is 0 Å². The van der Waals surface area contributed by atoms with Crippen molar-refractivity contribution in [1.29, 1.82) is 0 Å². The number of aromatic nitrogens is 7. The molecule has 0 aliphatic heterocycles. The average molecular weight is 388 g/mol. The second kappa shape index (κ2) is 6.86. The van der Waals surface area contributed by atoms with E-state index in [0.29, 0.717) is 12.4 Å². The predicted molar refractivity (Wildman–Crippen MR) is 108 cm³/mol. The molecular formula is C19H16N8S. The number of nitrogens with one attached hydrogen (secondary N) is 2. The minimum Gasteiger partial charge on any atom is -0.366 e. The normalized spacial score (nSPS) is 11.2. The molecule has 0 fully saturated rings. The average Bonchev–Trinajstić information content (AvgIpc) is 3.46. The van der Waals surface area contributed by atoms with E-state index >= 15 is 0 Å². The zero-order chi connectivity index (χ0) is 18.9. The number of fused-ring (bicyclic) bond motifs is 1. The number of nitrogens with zero attached hydrogens (tertiary/aromatic N) is 6. The van der Waals surface area contributed by atoms with Crippen LogP contribution in [-0.4, -0.2) is 35.2 Å². The Balaban J connectivity index is 1.36. The molecule has 28 heavy (non-hydrogen) atoms. The largest absolute Gasteiger partial charge is 0.366 e. The van der Waals surface area contributed by atoms with Crippen molar-refractivity contribution in [3.8, 4) is 21.8 Å². The van der Waals surface area contributed by atoms with Gasteiger partial charge in [-0.3, -0.25) is 0 Å². The molecule has 1 aromatic carbocycles. The van der Waals surface area contributed by atoms with Crippen molar-refractivity contribution in [3.63, 3.8) is 0 Å². The Morgan fingerprint density at radius 3 is 2.86 bits per heavy atom. The fraction of sp³-hybridized carbons (Fsp3) is 0.105. The van der Waals surface area contributed by atoms with Gasteiger partial charge in [0, 0.05) is 29.9 Å². The van der Waals surface area contributed by atoms with Crippen LogP contribution < -0.4 is 5.32 Å². The molecule has 4 aromatic heterocycles. The number of hydrogen-bond donors (Lipinski definition) is 2. The summed E-state index contributed by atoms with van der Waals surface area (Å²) in [7, 11) is 0. The highest BCUT2D eigenvalue weighted by Gasteiger charge is 2.12. The second-order valence-corrected chi connectivity index (χ2v) is 7.25. The maximum absolute atomic E-state index is 4.47. The first-order valence-corrected chi connectivity index (χ1v) is 9.62. The Morgan fingerprint density at radius 1 is 1.14 bits per heavy atom. The van der Waals surface area contributed by atoms with E-state index in [9.17, 15) is 0 Å². The van der Waals surface area contributed by atoms with Gasteiger partial charge in [0.05, 0.1) is 11.1 Å². The number of H-pyrrole nitrogens is 1. The third-order valence-corrected chi connectivity index (χ3v) is 5.35. The molecule has 5 rings (SSSR count). The van der Waals surface area contributed by atoms with Crippen molar-refractivity contribution in [2.45, 2.75) is 13.5 Å². The third kappa shape index (κ3) is 3.01. The van der Waals surface area contributed by atoms with E-state index in [1.54, 1.807) is 17.5 Å². The van der Waals surface area contributed by atoms with Gasteiger partial charge in [0.25, 0.3) is 0 Å². The van der Waals surface area contributed by atoms with Crippen LogP contribution in [0, 0.1) is 6.92 Å². The fourth-order valence-corrected chi connectivity index (χ4v) is 3.97. The quantitative estimate of drug-likeness (QED) is 0.478. The Labute approximate surface area is 164 Å². The summed E-state index contributed by atoms with van der Waals surface area (Å²) >= 11 is 1.60. The monoisotopic (exact) mass is 388 g/mol. The summed E-state index contributed by atoms with van der Waals surface area (Å²) in [6.07, 6.45) is 1.75. The highest BCUT2D eigenvalue weighted by Crippen LogP contribution is 2.34. The summed E-state index contributed by atoms with van der Waals surface area (Å²) in [6, 6.07) is 14.4. The fourth-order valence-electron chi connectivity index (χ4n) is 3.13. The molecule has 8 nitrogen and oxygen atoms in total. The highest BCUT2D eigenvalue weighted by molar-refractivity contribution is 7.14. The van der Waals surface area contributed by atoms with E-state index < -0.39 is 0 Å². The van der Waals surface area contributed by atoms with Gasteiger partial charge in [0.15, 0.2) is 5.65 Å². The molecule has 2 N–H and O–H groups in total. The molecule has 4 heterocycles. The van der Waals surface area contributed by atoms with Crippen molar-refractivity contribution in [3.05, 3.63) is 65.3 Å². The topological polar surface area (TPSA) is 96.7 Å². The van der Waals surface area contributed by atoms with Crippen LogP contribution in [0.5, 0.6) is 0 Å². The molecule has 0 spiro atoms. The van der Waals surface area contributed by atoms with Gasteiger partial charge in [-0.1, -0.05) is 24.3 Å². The van der Waals surface area contributed by atoms with Gasteiger partial charge in [0.2, 0.25) is 5.82 Å². The smallest absolute Gasteiger partial charge is 0.215 e. The molecule has 5 aromatic rings.